The number of rotatable bonds is 5. The summed E-state index contributed by atoms with van der Waals surface area (Å²) in [6.07, 6.45) is 2.79. The van der Waals surface area contributed by atoms with Crippen LogP contribution in [-0.2, 0) is 21.2 Å². The van der Waals surface area contributed by atoms with E-state index in [0.29, 0.717) is 60.0 Å². The van der Waals surface area contributed by atoms with E-state index < -0.39 is 10.0 Å². The van der Waals surface area contributed by atoms with Gasteiger partial charge >= 0.3 is 0 Å². The highest BCUT2D eigenvalue weighted by molar-refractivity contribution is 7.89. The van der Waals surface area contributed by atoms with E-state index >= 15 is 0 Å². The van der Waals surface area contributed by atoms with Gasteiger partial charge in [0, 0.05) is 25.2 Å². The van der Waals surface area contributed by atoms with Crippen LogP contribution in [0.25, 0.3) is 0 Å². The Morgan fingerprint density at radius 1 is 1.16 bits per heavy atom. The summed E-state index contributed by atoms with van der Waals surface area (Å²) in [7, 11) is -3.53. The number of nitrogens with one attached hydrogen (secondary N) is 1. The van der Waals surface area contributed by atoms with E-state index in [1.54, 1.807) is 28.6 Å². The van der Waals surface area contributed by atoms with E-state index in [1.165, 1.54) is 12.1 Å². The van der Waals surface area contributed by atoms with Gasteiger partial charge < -0.3 is 14.8 Å². The van der Waals surface area contributed by atoms with Crippen molar-refractivity contribution in [2.24, 2.45) is 5.92 Å². The molecule has 0 saturated carbocycles. The van der Waals surface area contributed by atoms with E-state index in [2.05, 4.69) is 12.2 Å². The third kappa shape index (κ3) is 5.19. The zero-order valence-corrected chi connectivity index (χ0v) is 19.5. The van der Waals surface area contributed by atoms with Crippen molar-refractivity contribution in [3.8, 4) is 11.5 Å². The molecule has 0 bridgehead atoms. The van der Waals surface area contributed by atoms with Gasteiger partial charge in [0.1, 0.15) is 0 Å². The lowest BCUT2D eigenvalue weighted by Crippen LogP contribution is -2.39. The molecule has 2 aliphatic rings. The zero-order chi connectivity index (χ0) is 22.7. The highest BCUT2D eigenvalue weighted by Crippen LogP contribution is 2.38. The van der Waals surface area contributed by atoms with Crippen molar-refractivity contribution in [1.82, 2.24) is 4.31 Å². The van der Waals surface area contributed by atoms with Crippen molar-refractivity contribution in [2.45, 2.75) is 37.5 Å². The number of anilines is 1. The van der Waals surface area contributed by atoms with Gasteiger partial charge in [-0.15, -0.1) is 0 Å². The van der Waals surface area contributed by atoms with Gasteiger partial charge in [-0.1, -0.05) is 18.5 Å². The van der Waals surface area contributed by atoms with Crippen LogP contribution < -0.4 is 14.8 Å². The molecule has 0 spiro atoms. The normalized spacial score (nSPS) is 19.2. The first-order valence-corrected chi connectivity index (χ1v) is 12.6. The summed E-state index contributed by atoms with van der Waals surface area (Å²) in [5.41, 5.74) is 1.23. The number of ether oxygens (including phenoxy) is 2. The summed E-state index contributed by atoms with van der Waals surface area (Å²) in [6.45, 7) is 4.22. The lowest BCUT2D eigenvalue weighted by atomic mass is 10.0. The Labute approximate surface area is 193 Å². The molecule has 0 unspecified atom stereocenters. The minimum absolute atomic E-state index is 0.0993. The second-order valence-electron chi connectivity index (χ2n) is 8.32. The number of piperidine rings is 1. The fourth-order valence-corrected chi connectivity index (χ4v) is 5.89. The number of nitrogens with zero attached hydrogens (tertiary/aromatic N) is 1. The number of carbonyl (C=O) groups is 1. The average molecular weight is 479 g/mol. The SMILES string of the molecule is C[C@H]1CCCN(S(=O)(=O)c2ccc(NC(=O)Cc3cc(Cl)c4c(c3)OCCCO4)cc2)C1. The van der Waals surface area contributed by atoms with Crippen LogP contribution in [0.3, 0.4) is 0 Å². The molecule has 1 N–H and O–H groups in total. The molecule has 4 rings (SSSR count). The van der Waals surface area contributed by atoms with Crippen LogP contribution in [0.5, 0.6) is 11.5 Å². The molecule has 1 saturated heterocycles. The molecule has 0 radical (unpaired) electrons. The molecule has 7 nitrogen and oxygen atoms in total. The number of halogens is 1. The first-order valence-electron chi connectivity index (χ1n) is 10.8. The molecule has 32 heavy (non-hydrogen) atoms. The van der Waals surface area contributed by atoms with Crippen molar-refractivity contribution < 1.29 is 22.7 Å². The van der Waals surface area contributed by atoms with Crippen molar-refractivity contribution in [3.63, 3.8) is 0 Å². The van der Waals surface area contributed by atoms with Crippen LogP contribution in [0.4, 0.5) is 5.69 Å². The minimum Gasteiger partial charge on any atom is -0.489 e. The Kier molecular flexibility index (Phi) is 6.93. The third-order valence-electron chi connectivity index (χ3n) is 5.62. The van der Waals surface area contributed by atoms with Crippen LogP contribution in [0.15, 0.2) is 41.3 Å². The molecule has 2 aromatic rings. The van der Waals surface area contributed by atoms with Crippen molar-refractivity contribution in [1.29, 1.82) is 0 Å². The third-order valence-corrected chi connectivity index (χ3v) is 7.78. The fourth-order valence-electron chi connectivity index (χ4n) is 4.00. The molecule has 0 aliphatic carbocycles. The monoisotopic (exact) mass is 478 g/mol. The summed E-state index contributed by atoms with van der Waals surface area (Å²) in [4.78, 5) is 12.8. The van der Waals surface area contributed by atoms with E-state index in [9.17, 15) is 13.2 Å². The summed E-state index contributed by atoms with van der Waals surface area (Å²) >= 11 is 6.30. The number of hydrogen-bond acceptors (Lipinski definition) is 5. The smallest absolute Gasteiger partial charge is 0.243 e. The van der Waals surface area contributed by atoms with Gasteiger partial charge in [0.05, 0.1) is 29.6 Å². The van der Waals surface area contributed by atoms with Crippen molar-refractivity contribution >= 4 is 33.2 Å². The predicted octanol–water partition coefficient (Wildman–Crippen LogP) is 4.10. The number of carbonyl (C=O) groups excluding carboxylic acids is 1. The Balaban J connectivity index is 1.41. The van der Waals surface area contributed by atoms with E-state index in [-0.39, 0.29) is 17.2 Å². The van der Waals surface area contributed by atoms with Gasteiger partial charge in [0.25, 0.3) is 0 Å². The maximum Gasteiger partial charge on any atom is 0.243 e. The molecular weight excluding hydrogens is 452 g/mol. The van der Waals surface area contributed by atoms with Gasteiger partial charge in [-0.2, -0.15) is 4.31 Å². The molecule has 2 heterocycles. The molecule has 1 fully saturated rings. The number of sulfonamides is 1. The van der Waals surface area contributed by atoms with Gasteiger partial charge in [0.15, 0.2) is 11.5 Å². The molecule has 1 amide bonds. The van der Waals surface area contributed by atoms with E-state index in [4.69, 9.17) is 21.1 Å². The highest BCUT2D eigenvalue weighted by atomic mass is 35.5. The Morgan fingerprint density at radius 3 is 2.66 bits per heavy atom. The topological polar surface area (TPSA) is 84.9 Å². The Morgan fingerprint density at radius 2 is 1.91 bits per heavy atom. The van der Waals surface area contributed by atoms with Crippen molar-refractivity contribution in [3.05, 3.63) is 47.0 Å². The molecule has 1 atom stereocenters. The Hall–Kier alpha value is -2.29. The van der Waals surface area contributed by atoms with Crippen LogP contribution in [0.1, 0.15) is 31.7 Å². The van der Waals surface area contributed by atoms with Crippen LogP contribution in [0, 0.1) is 5.92 Å². The summed E-state index contributed by atoms with van der Waals surface area (Å²) in [5, 5.41) is 3.22. The van der Waals surface area contributed by atoms with Gasteiger partial charge in [-0.05, 0) is 60.7 Å². The quantitative estimate of drug-likeness (QED) is 0.699. The van der Waals surface area contributed by atoms with Crippen LogP contribution >= 0.6 is 11.6 Å². The molecule has 2 aromatic carbocycles. The van der Waals surface area contributed by atoms with Gasteiger partial charge in [0.2, 0.25) is 15.9 Å². The largest absolute Gasteiger partial charge is 0.489 e. The van der Waals surface area contributed by atoms with Crippen molar-refractivity contribution in [2.75, 3.05) is 31.6 Å². The second kappa shape index (κ2) is 9.68. The maximum atomic E-state index is 12.9. The first kappa shape index (κ1) is 22.9. The van der Waals surface area contributed by atoms with Gasteiger partial charge in [-0.25, -0.2) is 8.42 Å². The standard InChI is InChI=1S/C23H27ClN2O5S/c1-16-4-2-9-26(15-16)32(28,29)19-7-5-18(6-8-19)25-22(27)14-17-12-20(24)23-21(13-17)30-10-3-11-31-23/h5-8,12-13,16H,2-4,9-11,14-15H2,1H3,(H,25,27)/t16-/m0/s1. The summed E-state index contributed by atoms with van der Waals surface area (Å²) < 4.78 is 38.6. The first-order chi connectivity index (χ1) is 15.3. The lowest BCUT2D eigenvalue weighted by Gasteiger charge is -2.30. The predicted molar refractivity (Wildman–Crippen MR) is 123 cm³/mol. The van der Waals surface area contributed by atoms with Crippen LogP contribution in [0.2, 0.25) is 5.02 Å². The molecule has 0 aromatic heterocycles. The minimum atomic E-state index is -3.53. The molecule has 2 aliphatic heterocycles. The molecule has 172 valence electrons. The van der Waals surface area contributed by atoms with E-state index in [0.717, 1.165) is 19.3 Å². The molecule has 9 heteroatoms. The maximum absolute atomic E-state index is 12.9. The van der Waals surface area contributed by atoms with Gasteiger partial charge in [-0.3, -0.25) is 4.79 Å². The summed E-state index contributed by atoms with van der Waals surface area (Å²) in [6, 6.07) is 9.76. The number of fused-ring (bicyclic) bond motifs is 1. The van der Waals surface area contributed by atoms with Crippen LogP contribution in [-0.4, -0.2) is 44.9 Å². The fraction of sp³-hybridized carbons (Fsp3) is 0.435. The lowest BCUT2D eigenvalue weighted by molar-refractivity contribution is -0.115. The zero-order valence-electron chi connectivity index (χ0n) is 18.0. The highest BCUT2D eigenvalue weighted by Gasteiger charge is 2.28. The number of hydrogen-bond donors (Lipinski definition) is 1. The summed E-state index contributed by atoms with van der Waals surface area (Å²) in [5.74, 6) is 1.17. The Bertz CT molecular complexity index is 1090. The van der Waals surface area contributed by atoms with E-state index in [1.807, 2.05) is 0 Å². The second-order valence-corrected chi connectivity index (χ2v) is 10.7. The number of amides is 1. The molecular formula is C23H27ClN2O5S. The average Bonchev–Trinajstić information content (AvgIpc) is 3.00. The number of benzene rings is 2.